The molecule has 1 aliphatic carbocycles. The van der Waals surface area contributed by atoms with Crippen molar-refractivity contribution in [3.63, 3.8) is 0 Å². The van der Waals surface area contributed by atoms with E-state index in [2.05, 4.69) is 11.1 Å². The number of carbonyl (C=O) groups excluding carboxylic acids is 1. The minimum atomic E-state index is -3.59. The van der Waals surface area contributed by atoms with Crippen LogP contribution < -0.4 is 4.80 Å². The molecule has 0 aliphatic heterocycles. The highest BCUT2D eigenvalue weighted by Gasteiger charge is 2.30. The number of aryl methyl sites for hydroxylation is 1. The summed E-state index contributed by atoms with van der Waals surface area (Å²) < 4.78 is 35.7. The number of nitrogens with zero attached hydrogens (tertiary/aromatic N) is 3. The number of carbonyl (C=O) groups is 1. The van der Waals surface area contributed by atoms with Gasteiger partial charge in [-0.3, -0.25) is 4.79 Å². The monoisotopic (exact) mass is 487 g/mol. The summed E-state index contributed by atoms with van der Waals surface area (Å²) in [6.45, 7) is 3.11. The Morgan fingerprint density at radius 1 is 1.18 bits per heavy atom. The molecule has 0 atom stereocenters. The molecule has 1 aliphatic rings. The van der Waals surface area contributed by atoms with Crippen LogP contribution in [-0.4, -0.2) is 50.0 Å². The molecule has 33 heavy (non-hydrogen) atoms. The fourth-order valence-corrected chi connectivity index (χ4v) is 6.78. The average molecular weight is 488 g/mol. The van der Waals surface area contributed by atoms with Crippen molar-refractivity contribution in [1.82, 2.24) is 8.87 Å². The molecular formula is C24H29N3O4S2. The van der Waals surface area contributed by atoms with Crippen LogP contribution in [0.2, 0.25) is 0 Å². The molecule has 4 rings (SSSR count). The number of hydrogen-bond acceptors (Lipinski definition) is 5. The molecule has 0 N–H and O–H groups in total. The highest BCUT2D eigenvalue weighted by molar-refractivity contribution is 7.89. The van der Waals surface area contributed by atoms with Crippen LogP contribution in [0, 0.1) is 6.92 Å². The maximum Gasteiger partial charge on any atom is 0.279 e. The second-order valence-electron chi connectivity index (χ2n) is 8.40. The third kappa shape index (κ3) is 4.96. The topological polar surface area (TPSA) is 81.0 Å². The number of sulfonamides is 1. The standard InChI is InChI=1S/C24H29N3O4S2/c1-17-8-13-21-22(16-17)32-24(27(21)14-15-31-3)25-23(28)18-9-11-20(12-10-18)33(29,30)26(2)19-6-4-5-7-19/h8-13,16,19H,4-7,14-15H2,1-3H3. The van der Waals surface area contributed by atoms with Gasteiger partial charge >= 0.3 is 0 Å². The van der Waals surface area contributed by atoms with Crippen molar-refractivity contribution in [3.05, 3.63) is 58.4 Å². The lowest BCUT2D eigenvalue weighted by molar-refractivity contribution is 0.0997. The Labute approximate surface area is 198 Å². The van der Waals surface area contributed by atoms with Crippen molar-refractivity contribution in [3.8, 4) is 0 Å². The van der Waals surface area contributed by atoms with Gasteiger partial charge in [0.15, 0.2) is 4.80 Å². The molecule has 1 heterocycles. The highest BCUT2D eigenvalue weighted by atomic mass is 32.2. The Morgan fingerprint density at radius 3 is 2.55 bits per heavy atom. The number of methoxy groups -OCH3 is 1. The van der Waals surface area contributed by atoms with Crippen molar-refractivity contribution in [1.29, 1.82) is 0 Å². The third-order valence-corrected chi connectivity index (χ3v) is 9.14. The molecule has 0 spiro atoms. The molecule has 1 saturated carbocycles. The lowest BCUT2D eigenvalue weighted by Gasteiger charge is -2.23. The van der Waals surface area contributed by atoms with Gasteiger partial charge < -0.3 is 9.30 Å². The fourth-order valence-electron chi connectivity index (χ4n) is 4.22. The number of fused-ring (bicyclic) bond motifs is 1. The van der Waals surface area contributed by atoms with E-state index >= 15 is 0 Å². The number of thiazole rings is 1. The zero-order valence-corrected chi connectivity index (χ0v) is 20.8. The lowest BCUT2D eigenvalue weighted by Crippen LogP contribution is -2.35. The van der Waals surface area contributed by atoms with Crippen LogP contribution in [0.3, 0.4) is 0 Å². The largest absolute Gasteiger partial charge is 0.383 e. The van der Waals surface area contributed by atoms with E-state index in [1.165, 1.54) is 39.9 Å². The van der Waals surface area contributed by atoms with Crippen LogP contribution in [0.5, 0.6) is 0 Å². The van der Waals surface area contributed by atoms with Gasteiger partial charge in [-0.25, -0.2) is 8.42 Å². The van der Waals surface area contributed by atoms with Gasteiger partial charge in [0.25, 0.3) is 5.91 Å². The number of benzene rings is 2. The first kappa shape index (κ1) is 23.8. The zero-order valence-electron chi connectivity index (χ0n) is 19.2. The summed E-state index contributed by atoms with van der Waals surface area (Å²) in [4.78, 5) is 18.1. The Morgan fingerprint density at radius 2 is 1.88 bits per heavy atom. The number of ether oxygens (including phenoxy) is 1. The molecule has 7 nitrogen and oxygen atoms in total. The molecular weight excluding hydrogens is 458 g/mol. The van der Waals surface area contributed by atoms with E-state index in [4.69, 9.17) is 4.74 Å². The van der Waals surface area contributed by atoms with Crippen LogP contribution in [0.15, 0.2) is 52.4 Å². The Bertz CT molecular complexity index is 1320. The summed E-state index contributed by atoms with van der Waals surface area (Å²) in [5.74, 6) is -0.405. The predicted octanol–water partition coefficient (Wildman–Crippen LogP) is 3.96. The number of amides is 1. The molecule has 0 radical (unpaired) electrons. The lowest BCUT2D eigenvalue weighted by atomic mass is 10.2. The van der Waals surface area contributed by atoms with Gasteiger partial charge in [-0.1, -0.05) is 30.2 Å². The van der Waals surface area contributed by atoms with Gasteiger partial charge in [0.05, 0.1) is 21.7 Å². The van der Waals surface area contributed by atoms with Crippen molar-refractivity contribution < 1.29 is 17.9 Å². The molecule has 1 fully saturated rings. The van der Waals surface area contributed by atoms with Crippen molar-refractivity contribution in [2.45, 2.75) is 50.1 Å². The van der Waals surface area contributed by atoms with Crippen LogP contribution in [0.4, 0.5) is 0 Å². The zero-order chi connectivity index (χ0) is 23.6. The fraction of sp³-hybridized carbons (Fsp3) is 0.417. The first-order valence-corrected chi connectivity index (χ1v) is 13.3. The summed E-state index contributed by atoms with van der Waals surface area (Å²) in [7, 11) is -0.306. The molecule has 0 unspecified atom stereocenters. The van der Waals surface area contributed by atoms with Gasteiger partial charge in [-0.15, -0.1) is 0 Å². The molecule has 0 bridgehead atoms. The van der Waals surface area contributed by atoms with E-state index in [1.54, 1.807) is 14.2 Å². The molecule has 1 amide bonds. The van der Waals surface area contributed by atoms with Crippen LogP contribution in [0.25, 0.3) is 10.2 Å². The SMILES string of the molecule is COCCn1c(=NC(=O)c2ccc(S(=O)(=O)N(C)C3CCCC3)cc2)sc2cc(C)ccc21. The molecule has 3 aromatic rings. The normalized spacial score (nSPS) is 15.7. The van der Waals surface area contributed by atoms with Crippen molar-refractivity contribution in [2.75, 3.05) is 20.8 Å². The summed E-state index contributed by atoms with van der Waals surface area (Å²) in [5, 5.41) is 0. The van der Waals surface area contributed by atoms with E-state index in [9.17, 15) is 13.2 Å². The maximum atomic E-state index is 13.0. The first-order chi connectivity index (χ1) is 15.8. The molecule has 176 valence electrons. The summed E-state index contributed by atoms with van der Waals surface area (Å²) >= 11 is 1.45. The second kappa shape index (κ2) is 9.89. The summed E-state index contributed by atoms with van der Waals surface area (Å²) in [6, 6.07) is 12.3. The van der Waals surface area contributed by atoms with Gasteiger partial charge in [0.1, 0.15) is 0 Å². The number of rotatable bonds is 7. The van der Waals surface area contributed by atoms with Gasteiger partial charge in [0.2, 0.25) is 10.0 Å². The van der Waals surface area contributed by atoms with Gasteiger partial charge in [0, 0.05) is 32.3 Å². The summed E-state index contributed by atoms with van der Waals surface area (Å²) in [6.07, 6.45) is 3.90. The predicted molar refractivity (Wildman–Crippen MR) is 130 cm³/mol. The van der Waals surface area contributed by atoms with E-state index in [0.29, 0.717) is 23.5 Å². The molecule has 1 aromatic heterocycles. The number of hydrogen-bond donors (Lipinski definition) is 0. The van der Waals surface area contributed by atoms with Crippen molar-refractivity contribution >= 4 is 37.5 Å². The smallest absolute Gasteiger partial charge is 0.279 e. The first-order valence-electron chi connectivity index (χ1n) is 11.1. The van der Waals surface area contributed by atoms with E-state index in [-0.39, 0.29) is 10.9 Å². The Hall–Kier alpha value is -2.33. The molecule has 9 heteroatoms. The number of aromatic nitrogens is 1. The van der Waals surface area contributed by atoms with E-state index in [1.807, 2.05) is 23.6 Å². The quantitative estimate of drug-likeness (QED) is 0.505. The van der Waals surface area contributed by atoms with Crippen molar-refractivity contribution in [2.24, 2.45) is 4.99 Å². The van der Waals surface area contributed by atoms with E-state index < -0.39 is 15.9 Å². The minimum absolute atomic E-state index is 0.0467. The summed E-state index contributed by atoms with van der Waals surface area (Å²) in [5.41, 5.74) is 2.50. The Kier molecular flexibility index (Phi) is 7.13. The Balaban J connectivity index is 1.63. The second-order valence-corrected chi connectivity index (χ2v) is 11.4. The molecule has 2 aromatic carbocycles. The van der Waals surface area contributed by atoms with E-state index in [0.717, 1.165) is 41.5 Å². The molecule has 0 saturated heterocycles. The third-order valence-electron chi connectivity index (χ3n) is 6.17. The van der Waals surface area contributed by atoms with Crippen LogP contribution in [0.1, 0.15) is 41.6 Å². The highest BCUT2D eigenvalue weighted by Crippen LogP contribution is 2.27. The minimum Gasteiger partial charge on any atom is -0.383 e. The van der Waals surface area contributed by atoms with Gasteiger partial charge in [-0.05, 0) is 61.7 Å². The van der Waals surface area contributed by atoms with Gasteiger partial charge in [-0.2, -0.15) is 9.30 Å². The van der Waals surface area contributed by atoms with Crippen LogP contribution >= 0.6 is 11.3 Å². The van der Waals surface area contributed by atoms with Crippen LogP contribution in [-0.2, 0) is 21.3 Å². The maximum absolute atomic E-state index is 13.0. The average Bonchev–Trinajstić information content (AvgIpc) is 3.45.